The van der Waals surface area contributed by atoms with Crippen molar-refractivity contribution in [1.82, 2.24) is 0 Å². The fourth-order valence-corrected chi connectivity index (χ4v) is 2.53. The van der Waals surface area contributed by atoms with Crippen molar-refractivity contribution < 1.29 is 19.4 Å². The van der Waals surface area contributed by atoms with Crippen LogP contribution in [0.4, 0.5) is 0 Å². The second-order valence-corrected chi connectivity index (χ2v) is 4.70. The van der Waals surface area contributed by atoms with Crippen LogP contribution in [0.3, 0.4) is 0 Å². The first-order valence-electron chi connectivity index (χ1n) is 6.77. The summed E-state index contributed by atoms with van der Waals surface area (Å²) in [5.41, 5.74) is 0.503. The van der Waals surface area contributed by atoms with Crippen molar-refractivity contribution in [3.63, 3.8) is 0 Å². The maximum Gasteiger partial charge on any atom is 0.340 e. The van der Waals surface area contributed by atoms with E-state index < -0.39 is 11.6 Å². The average Bonchev–Trinajstić information content (AvgIpc) is 2.90. The molecule has 4 nitrogen and oxygen atoms in total. The maximum atomic E-state index is 11.7. The van der Waals surface area contributed by atoms with E-state index in [0.29, 0.717) is 30.9 Å². The second-order valence-electron chi connectivity index (χ2n) is 4.70. The van der Waals surface area contributed by atoms with Crippen molar-refractivity contribution >= 4 is 5.97 Å². The second kappa shape index (κ2) is 5.61. The van der Waals surface area contributed by atoms with E-state index in [1.807, 2.05) is 32.0 Å². The number of rotatable bonds is 5. The van der Waals surface area contributed by atoms with E-state index in [1.165, 1.54) is 0 Å². The van der Waals surface area contributed by atoms with Crippen LogP contribution in [0.5, 0.6) is 5.75 Å². The number of hydrogen-bond donors (Lipinski definition) is 1. The lowest BCUT2D eigenvalue weighted by molar-refractivity contribution is -0.161. The van der Waals surface area contributed by atoms with Crippen LogP contribution in [-0.2, 0) is 21.6 Å². The monoisotopic (exact) mass is 264 g/mol. The van der Waals surface area contributed by atoms with Gasteiger partial charge in [0.15, 0.2) is 5.60 Å². The minimum absolute atomic E-state index is 0.480. The van der Waals surface area contributed by atoms with Gasteiger partial charge in [0.05, 0.1) is 6.61 Å². The zero-order chi connectivity index (χ0) is 13.9. The van der Waals surface area contributed by atoms with Crippen LogP contribution >= 0.6 is 0 Å². The van der Waals surface area contributed by atoms with Gasteiger partial charge >= 0.3 is 5.97 Å². The van der Waals surface area contributed by atoms with Crippen molar-refractivity contribution in [1.29, 1.82) is 0 Å². The van der Waals surface area contributed by atoms with Crippen LogP contribution in [0.1, 0.15) is 37.8 Å². The summed E-state index contributed by atoms with van der Waals surface area (Å²) in [7, 11) is 0. The van der Waals surface area contributed by atoms with Crippen LogP contribution in [0.2, 0.25) is 0 Å². The minimum atomic E-state index is -1.24. The molecule has 1 heterocycles. The normalized spacial score (nSPS) is 22.4. The number of carboxylic acid groups (broad SMARTS) is 1. The Morgan fingerprint density at radius 3 is 2.79 bits per heavy atom. The molecule has 0 amide bonds. The molecule has 1 atom stereocenters. The highest BCUT2D eigenvalue weighted by Crippen LogP contribution is 2.41. The number of ether oxygens (including phenoxy) is 2. The first-order chi connectivity index (χ1) is 9.14. The van der Waals surface area contributed by atoms with Gasteiger partial charge in [-0.2, -0.15) is 0 Å². The summed E-state index contributed by atoms with van der Waals surface area (Å²) in [6.07, 6.45) is 2.11. The Morgan fingerprint density at radius 1 is 1.47 bits per heavy atom. The molecule has 1 fully saturated rings. The molecule has 19 heavy (non-hydrogen) atoms. The first kappa shape index (κ1) is 13.9. The molecule has 1 unspecified atom stereocenters. The molecule has 104 valence electrons. The summed E-state index contributed by atoms with van der Waals surface area (Å²) in [6.45, 7) is 4.92. The summed E-state index contributed by atoms with van der Waals surface area (Å²) in [4.78, 5) is 11.7. The van der Waals surface area contributed by atoms with Gasteiger partial charge in [-0.3, -0.25) is 0 Å². The Labute approximate surface area is 113 Å². The zero-order valence-electron chi connectivity index (χ0n) is 11.4. The van der Waals surface area contributed by atoms with E-state index in [1.54, 1.807) is 0 Å². The molecule has 1 aromatic carbocycles. The van der Waals surface area contributed by atoms with E-state index in [-0.39, 0.29) is 0 Å². The van der Waals surface area contributed by atoms with E-state index in [2.05, 4.69) is 0 Å². The zero-order valence-corrected chi connectivity index (χ0v) is 11.4. The van der Waals surface area contributed by atoms with Gasteiger partial charge in [0.25, 0.3) is 0 Å². The summed E-state index contributed by atoms with van der Waals surface area (Å²) >= 11 is 0. The molecule has 0 spiro atoms. The lowest BCUT2D eigenvalue weighted by Crippen LogP contribution is -2.35. The number of aryl methyl sites for hydroxylation is 1. The summed E-state index contributed by atoms with van der Waals surface area (Å²) in [5.74, 6) is -0.316. The Kier molecular flexibility index (Phi) is 4.10. The molecule has 4 heteroatoms. The Hall–Kier alpha value is -1.55. The van der Waals surface area contributed by atoms with Gasteiger partial charge in [0, 0.05) is 12.2 Å². The molecule has 1 aromatic rings. The molecular formula is C15H20O4. The largest absolute Gasteiger partial charge is 0.493 e. The highest BCUT2D eigenvalue weighted by atomic mass is 16.5. The molecule has 0 bridgehead atoms. The van der Waals surface area contributed by atoms with Crippen molar-refractivity contribution in [3.05, 3.63) is 29.3 Å². The molecule has 1 aliphatic heterocycles. The van der Waals surface area contributed by atoms with Gasteiger partial charge in [0.2, 0.25) is 0 Å². The molecule has 0 aliphatic carbocycles. The third-order valence-corrected chi connectivity index (χ3v) is 3.55. The van der Waals surface area contributed by atoms with Crippen LogP contribution < -0.4 is 4.74 Å². The lowest BCUT2D eigenvalue weighted by Gasteiger charge is -2.26. The van der Waals surface area contributed by atoms with Gasteiger partial charge < -0.3 is 14.6 Å². The molecule has 1 N–H and O–H groups in total. The number of aliphatic carboxylic acids is 1. The summed E-state index contributed by atoms with van der Waals surface area (Å²) in [5, 5.41) is 9.59. The highest BCUT2D eigenvalue weighted by Gasteiger charge is 2.46. The number of hydrogen-bond acceptors (Lipinski definition) is 3. The fourth-order valence-electron chi connectivity index (χ4n) is 2.53. The van der Waals surface area contributed by atoms with Crippen LogP contribution in [0, 0.1) is 0 Å². The quantitative estimate of drug-likeness (QED) is 0.888. The van der Waals surface area contributed by atoms with E-state index >= 15 is 0 Å². The summed E-state index contributed by atoms with van der Waals surface area (Å²) < 4.78 is 11.2. The van der Waals surface area contributed by atoms with Gasteiger partial charge in [0.1, 0.15) is 5.75 Å². The van der Waals surface area contributed by atoms with Crippen LogP contribution in [0.25, 0.3) is 0 Å². The van der Waals surface area contributed by atoms with Crippen LogP contribution in [0.15, 0.2) is 18.2 Å². The third kappa shape index (κ3) is 2.45. The maximum absolute atomic E-state index is 11.7. The van der Waals surface area contributed by atoms with Crippen molar-refractivity contribution in [2.24, 2.45) is 0 Å². The number of benzene rings is 1. The number of carboxylic acids is 1. The molecule has 0 aromatic heterocycles. The standard InChI is InChI=1S/C15H20O4/c1-3-11-6-7-13(18-4-2)12(10-11)15(14(16)17)8-5-9-19-15/h6-7,10H,3-5,8-9H2,1-2H3,(H,16,17). The fraction of sp³-hybridized carbons (Fsp3) is 0.533. The molecular weight excluding hydrogens is 244 g/mol. The van der Waals surface area contributed by atoms with Gasteiger partial charge in [-0.25, -0.2) is 4.79 Å². The minimum Gasteiger partial charge on any atom is -0.493 e. The highest BCUT2D eigenvalue weighted by molar-refractivity contribution is 5.81. The molecule has 1 saturated heterocycles. The van der Waals surface area contributed by atoms with E-state index in [4.69, 9.17) is 9.47 Å². The Balaban J connectivity index is 2.53. The van der Waals surface area contributed by atoms with Gasteiger partial charge in [-0.1, -0.05) is 13.0 Å². The SMILES string of the molecule is CCOc1ccc(CC)cc1C1(C(=O)O)CCCO1. The van der Waals surface area contributed by atoms with Crippen molar-refractivity contribution in [3.8, 4) is 5.75 Å². The van der Waals surface area contributed by atoms with Gasteiger partial charge in [-0.15, -0.1) is 0 Å². The van der Waals surface area contributed by atoms with Crippen molar-refractivity contribution in [2.75, 3.05) is 13.2 Å². The third-order valence-electron chi connectivity index (χ3n) is 3.55. The Morgan fingerprint density at radius 2 is 2.26 bits per heavy atom. The lowest BCUT2D eigenvalue weighted by atomic mass is 9.88. The predicted molar refractivity (Wildman–Crippen MR) is 71.5 cm³/mol. The topological polar surface area (TPSA) is 55.8 Å². The molecule has 1 aliphatic rings. The van der Waals surface area contributed by atoms with Crippen LogP contribution in [-0.4, -0.2) is 24.3 Å². The Bertz CT molecular complexity index is 461. The van der Waals surface area contributed by atoms with E-state index in [0.717, 1.165) is 18.4 Å². The average molecular weight is 264 g/mol. The summed E-state index contributed by atoms with van der Waals surface area (Å²) in [6, 6.07) is 5.73. The van der Waals surface area contributed by atoms with E-state index in [9.17, 15) is 9.90 Å². The first-order valence-corrected chi connectivity index (χ1v) is 6.77. The smallest absolute Gasteiger partial charge is 0.340 e. The predicted octanol–water partition coefficient (Wildman–Crippen LogP) is 2.74. The molecule has 0 radical (unpaired) electrons. The van der Waals surface area contributed by atoms with Gasteiger partial charge in [-0.05, 0) is 43.9 Å². The molecule has 0 saturated carbocycles. The van der Waals surface area contributed by atoms with Crippen molar-refractivity contribution in [2.45, 2.75) is 38.7 Å². The molecule has 2 rings (SSSR count). The number of carbonyl (C=O) groups is 1.